The monoisotopic (exact) mass is 376 g/mol. The van der Waals surface area contributed by atoms with Crippen molar-refractivity contribution in [2.24, 2.45) is 0 Å². The molecule has 5 nitrogen and oxygen atoms in total. The van der Waals surface area contributed by atoms with Crippen LogP contribution in [0.4, 0.5) is 4.39 Å². The van der Waals surface area contributed by atoms with Crippen LogP contribution >= 0.6 is 0 Å². The van der Waals surface area contributed by atoms with Gasteiger partial charge in [-0.15, -0.1) is 0 Å². The zero-order valence-corrected chi connectivity index (χ0v) is 16.0. The Balaban J connectivity index is 1.63. The quantitative estimate of drug-likeness (QED) is 0.735. The molecule has 0 aromatic heterocycles. The Morgan fingerprint density at radius 3 is 2.56 bits per heavy atom. The van der Waals surface area contributed by atoms with Crippen molar-refractivity contribution >= 4 is 11.8 Å². The van der Waals surface area contributed by atoms with Crippen molar-refractivity contribution in [3.8, 4) is 0 Å². The first-order chi connectivity index (χ1) is 13.0. The van der Waals surface area contributed by atoms with Crippen LogP contribution in [0.5, 0.6) is 0 Å². The average molecular weight is 376 g/mol. The van der Waals surface area contributed by atoms with E-state index in [-0.39, 0.29) is 36.2 Å². The molecule has 2 fully saturated rings. The van der Waals surface area contributed by atoms with E-state index in [0.29, 0.717) is 13.0 Å². The van der Waals surface area contributed by atoms with Crippen molar-refractivity contribution in [1.82, 2.24) is 9.80 Å². The van der Waals surface area contributed by atoms with Gasteiger partial charge in [0.25, 0.3) is 0 Å². The molecule has 2 aliphatic heterocycles. The van der Waals surface area contributed by atoms with E-state index in [1.807, 2.05) is 11.8 Å². The Bertz CT molecular complexity index is 637. The first kappa shape index (κ1) is 19.8. The molecule has 0 aliphatic carbocycles. The van der Waals surface area contributed by atoms with Crippen molar-refractivity contribution in [3.05, 3.63) is 35.6 Å². The molecule has 3 rings (SSSR count). The van der Waals surface area contributed by atoms with E-state index in [2.05, 4.69) is 0 Å². The molecule has 0 bridgehead atoms. The van der Waals surface area contributed by atoms with E-state index in [9.17, 15) is 14.0 Å². The van der Waals surface area contributed by atoms with E-state index in [1.54, 1.807) is 17.0 Å². The third-order valence-electron chi connectivity index (χ3n) is 5.51. The van der Waals surface area contributed by atoms with Crippen molar-refractivity contribution in [2.45, 2.75) is 51.0 Å². The molecule has 0 unspecified atom stereocenters. The second kappa shape index (κ2) is 9.31. The van der Waals surface area contributed by atoms with Gasteiger partial charge in [0.2, 0.25) is 11.8 Å². The van der Waals surface area contributed by atoms with E-state index >= 15 is 0 Å². The highest BCUT2D eigenvalue weighted by atomic mass is 19.1. The van der Waals surface area contributed by atoms with Gasteiger partial charge in [-0.2, -0.15) is 0 Å². The summed E-state index contributed by atoms with van der Waals surface area (Å²) in [6.45, 7) is 4.83. The number of halogens is 1. The molecule has 148 valence electrons. The van der Waals surface area contributed by atoms with Crippen molar-refractivity contribution in [3.63, 3.8) is 0 Å². The molecule has 27 heavy (non-hydrogen) atoms. The summed E-state index contributed by atoms with van der Waals surface area (Å²) >= 11 is 0. The van der Waals surface area contributed by atoms with Crippen LogP contribution in [0.15, 0.2) is 24.3 Å². The molecule has 0 radical (unpaired) electrons. The van der Waals surface area contributed by atoms with Crippen LogP contribution in [0, 0.1) is 5.82 Å². The van der Waals surface area contributed by atoms with Gasteiger partial charge in [-0.1, -0.05) is 19.1 Å². The van der Waals surface area contributed by atoms with Gasteiger partial charge in [-0.05, 0) is 49.3 Å². The smallest absolute Gasteiger partial charge is 0.242 e. The Hall–Kier alpha value is -1.95. The molecule has 0 saturated carbocycles. The number of amides is 2. The minimum Gasteiger partial charge on any atom is -0.376 e. The highest BCUT2D eigenvalue weighted by Crippen LogP contribution is 2.22. The molecule has 6 heteroatoms. The minimum atomic E-state index is -0.284. The minimum absolute atomic E-state index is 0.0152. The number of carbonyl (C=O) groups excluding carboxylic acids is 2. The van der Waals surface area contributed by atoms with Gasteiger partial charge in [0.15, 0.2) is 0 Å². The van der Waals surface area contributed by atoms with Crippen LogP contribution in [0.2, 0.25) is 0 Å². The fourth-order valence-electron chi connectivity index (χ4n) is 3.82. The summed E-state index contributed by atoms with van der Waals surface area (Å²) in [5.74, 6) is -0.344. The number of hydrogen-bond acceptors (Lipinski definition) is 3. The Kier molecular flexibility index (Phi) is 6.83. The molecular formula is C21H29FN2O3. The fraction of sp³-hybridized carbons (Fsp3) is 0.619. The SMILES string of the molecule is C[C@H](CC(=O)N(CC(=O)N1CCCC1)C[C@H]1CCCO1)c1ccc(F)cc1. The van der Waals surface area contributed by atoms with Crippen molar-refractivity contribution < 1.29 is 18.7 Å². The van der Waals surface area contributed by atoms with Gasteiger partial charge in [0.05, 0.1) is 12.6 Å². The lowest BCUT2D eigenvalue weighted by atomic mass is 9.97. The normalized spacial score (nSPS) is 20.7. The Labute approximate surface area is 160 Å². The van der Waals surface area contributed by atoms with E-state index in [4.69, 9.17) is 4.74 Å². The summed E-state index contributed by atoms with van der Waals surface area (Å²) in [6.07, 6.45) is 4.31. The zero-order chi connectivity index (χ0) is 19.2. The van der Waals surface area contributed by atoms with Gasteiger partial charge in [0, 0.05) is 32.7 Å². The number of rotatable bonds is 7. The van der Waals surface area contributed by atoms with Gasteiger partial charge >= 0.3 is 0 Å². The maximum atomic E-state index is 13.1. The number of benzene rings is 1. The van der Waals surface area contributed by atoms with Crippen LogP contribution < -0.4 is 0 Å². The first-order valence-corrected chi connectivity index (χ1v) is 9.95. The highest BCUT2D eigenvalue weighted by Gasteiger charge is 2.28. The lowest BCUT2D eigenvalue weighted by molar-refractivity contribution is -0.141. The summed E-state index contributed by atoms with van der Waals surface area (Å²) in [6, 6.07) is 6.26. The standard InChI is InChI=1S/C21H29FN2O3/c1-16(17-6-8-18(22)9-7-17)13-20(25)24(14-19-5-4-12-27-19)15-21(26)23-10-2-3-11-23/h6-9,16,19H,2-5,10-15H2,1H3/t16-,19-/m1/s1. The van der Waals surface area contributed by atoms with E-state index < -0.39 is 0 Å². The predicted molar refractivity (Wildman–Crippen MR) is 101 cm³/mol. The van der Waals surface area contributed by atoms with Crippen LogP contribution in [-0.2, 0) is 14.3 Å². The number of carbonyl (C=O) groups is 2. The number of ether oxygens (including phenoxy) is 1. The summed E-state index contributed by atoms with van der Waals surface area (Å²) in [4.78, 5) is 29.0. The van der Waals surface area contributed by atoms with Crippen molar-refractivity contribution in [1.29, 1.82) is 0 Å². The maximum Gasteiger partial charge on any atom is 0.242 e. The maximum absolute atomic E-state index is 13.1. The van der Waals surface area contributed by atoms with Gasteiger partial charge < -0.3 is 14.5 Å². The molecule has 0 N–H and O–H groups in total. The average Bonchev–Trinajstić information content (AvgIpc) is 3.35. The van der Waals surface area contributed by atoms with E-state index in [0.717, 1.165) is 50.9 Å². The largest absolute Gasteiger partial charge is 0.376 e. The summed E-state index contributed by atoms with van der Waals surface area (Å²) < 4.78 is 18.8. The molecule has 0 spiro atoms. The molecular weight excluding hydrogens is 347 g/mol. The number of likely N-dealkylation sites (tertiary alicyclic amines) is 1. The van der Waals surface area contributed by atoms with Gasteiger partial charge in [0.1, 0.15) is 5.82 Å². The molecule has 1 aromatic carbocycles. The van der Waals surface area contributed by atoms with Crippen molar-refractivity contribution in [2.75, 3.05) is 32.8 Å². The first-order valence-electron chi connectivity index (χ1n) is 9.95. The van der Waals surface area contributed by atoms with Crippen LogP contribution in [-0.4, -0.2) is 60.5 Å². The van der Waals surface area contributed by atoms with Gasteiger partial charge in [-0.25, -0.2) is 4.39 Å². The lowest BCUT2D eigenvalue weighted by Crippen LogP contribution is -2.45. The highest BCUT2D eigenvalue weighted by molar-refractivity contribution is 5.85. The lowest BCUT2D eigenvalue weighted by Gasteiger charge is -2.28. The zero-order valence-electron chi connectivity index (χ0n) is 16.0. The molecule has 1 aromatic rings. The molecule has 2 atom stereocenters. The Morgan fingerprint density at radius 1 is 1.22 bits per heavy atom. The third-order valence-corrected chi connectivity index (χ3v) is 5.51. The summed E-state index contributed by atoms with van der Waals surface area (Å²) in [5, 5.41) is 0. The van der Waals surface area contributed by atoms with Gasteiger partial charge in [-0.3, -0.25) is 9.59 Å². The molecule has 2 amide bonds. The fourth-order valence-corrected chi connectivity index (χ4v) is 3.82. The molecule has 2 saturated heterocycles. The second-order valence-electron chi connectivity index (χ2n) is 7.65. The third kappa shape index (κ3) is 5.51. The molecule has 2 aliphatic rings. The second-order valence-corrected chi connectivity index (χ2v) is 7.65. The topological polar surface area (TPSA) is 49.9 Å². The molecule has 2 heterocycles. The van der Waals surface area contributed by atoms with Crippen LogP contribution in [0.1, 0.15) is 50.5 Å². The number of nitrogens with zero attached hydrogens (tertiary/aromatic N) is 2. The summed E-state index contributed by atoms with van der Waals surface area (Å²) in [7, 11) is 0. The number of hydrogen-bond donors (Lipinski definition) is 0. The summed E-state index contributed by atoms with van der Waals surface area (Å²) in [5.41, 5.74) is 0.924. The van der Waals surface area contributed by atoms with E-state index in [1.165, 1.54) is 12.1 Å². The Morgan fingerprint density at radius 2 is 1.93 bits per heavy atom. The van der Waals surface area contributed by atoms with Crippen LogP contribution in [0.3, 0.4) is 0 Å². The predicted octanol–water partition coefficient (Wildman–Crippen LogP) is 2.95. The van der Waals surface area contributed by atoms with Crippen LogP contribution in [0.25, 0.3) is 0 Å².